The van der Waals surface area contributed by atoms with Crippen LogP contribution in [0.25, 0.3) is 0 Å². The smallest absolute Gasteiger partial charge is 0.408 e. The molecule has 5 amide bonds. The van der Waals surface area contributed by atoms with E-state index in [-0.39, 0.29) is 32.5 Å². The number of rotatable bonds is 13. The molecule has 3 saturated heterocycles. The van der Waals surface area contributed by atoms with Crippen LogP contribution in [0.15, 0.2) is 0 Å². The summed E-state index contributed by atoms with van der Waals surface area (Å²) in [6.45, 7) is 24.4. The molecule has 9 N–H and O–H groups in total. The molecule has 0 bridgehead atoms. The van der Waals surface area contributed by atoms with Crippen molar-refractivity contribution in [2.24, 2.45) is 0 Å². The first-order chi connectivity index (χ1) is 31.9. The monoisotopic (exact) mass is 1010 g/mol. The fourth-order valence-corrected chi connectivity index (χ4v) is 8.38. The number of aliphatic hydroxyl groups is 3. The van der Waals surface area contributed by atoms with Gasteiger partial charge in [-0.05, 0) is 130 Å². The van der Waals surface area contributed by atoms with Crippen LogP contribution in [0.2, 0.25) is 0 Å². The van der Waals surface area contributed by atoms with Crippen LogP contribution in [-0.2, 0) is 52.2 Å². The summed E-state index contributed by atoms with van der Waals surface area (Å²) < 4.78 is 59.4. The molecule has 0 aromatic rings. The van der Waals surface area contributed by atoms with E-state index in [1.165, 1.54) is 14.0 Å². The second-order valence-electron chi connectivity index (χ2n) is 22.9. The molecule has 0 spiro atoms. The van der Waals surface area contributed by atoms with Gasteiger partial charge in [-0.25, -0.2) is 19.2 Å². The summed E-state index contributed by atoms with van der Waals surface area (Å²) in [5, 5.41) is 51.9. The van der Waals surface area contributed by atoms with E-state index in [9.17, 15) is 39.3 Å². The van der Waals surface area contributed by atoms with Gasteiger partial charge in [-0.15, -0.1) is 0 Å². The van der Waals surface area contributed by atoms with Crippen LogP contribution in [0.4, 0.5) is 19.2 Å². The van der Waals surface area contributed by atoms with E-state index in [1.54, 1.807) is 96.9 Å². The molecule has 24 nitrogen and oxygen atoms in total. The predicted octanol–water partition coefficient (Wildman–Crippen LogP) is 1.92. The number of ether oxygens (including phenoxy) is 10. The average Bonchev–Trinajstić information content (AvgIpc) is 3.49. The van der Waals surface area contributed by atoms with Crippen molar-refractivity contribution < 1.29 is 86.7 Å². The molecule has 0 radical (unpaired) electrons. The lowest BCUT2D eigenvalue weighted by atomic mass is 9.82. The zero-order valence-corrected chi connectivity index (χ0v) is 43.7. The number of likely N-dealkylation sites (N-methyl/N-ethyl adjacent to an activating group) is 1. The maximum absolute atomic E-state index is 14.5. The molecule has 4 rings (SSSR count). The lowest BCUT2D eigenvalue weighted by Crippen LogP contribution is -2.70. The van der Waals surface area contributed by atoms with Crippen molar-refractivity contribution in [3.05, 3.63) is 0 Å². The van der Waals surface area contributed by atoms with E-state index in [0.717, 1.165) is 0 Å². The van der Waals surface area contributed by atoms with Gasteiger partial charge in [0.05, 0.1) is 43.4 Å². The third kappa shape index (κ3) is 18.0. The molecule has 1 aliphatic carbocycles. The number of hydrogen-bond donors (Lipinski definition) is 9. The van der Waals surface area contributed by atoms with Gasteiger partial charge in [0.15, 0.2) is 24.5 Å². The fraction of sp³-hybridized carbons (Fsp3) is 0.891. The van der Waals surface area contributed by atoms with Gasteiger partial charge in [-0.1, -0.05) is 0 Å². The zero-order chi connectivity index (χ0) is 52.9. The molecule has 0 unspecified atom stereocenters. The number of amides is 5. The molecule has 3 heterocycles. The topological polar surface area (TPSA) is 311 Å². The Balaban J connectivity index is 1.75. The second-order valence-corrected chi connectivity index (χ2v) is 22.9. The molecular weight excluding hydrogens is 925 g/mol. The summed E-state index contributed by atoms with van der Waals surface area (Å²) in [6.07, 6.45) is -15.2. The highest BCUT2D eigenvalue weighted by atomic mass is 16.8. The standard InChI is InChI=1S/C46H82N6O18/c1-41(2,3)67-37(56)48-20-23-17-18-24(51-39(58)69-43(7,8)9)35(62-23)63-31-26(52-40(59)70-44(10,11)12)19-25(30(28(31)53)64-36-29(54)33(47-16)46(15,60)22-61-36)50-34(55)32-27(65-45(13,14)66-32)21-49-38(57)68-42(4,5)6/h23-33,35-36,47,53-54,60H,17-22H2,1-16H3,(H,48,56)(H,49,57)(H,50,55)(H,51,58)(H,52,59)/t23-,24+,25+,26-,27+,28+,29+,30-,31+,32-,33+,35+,36+,46-/m0/s1. The molecule has 14 atom stereocenters. The second kappa shape index (κ2) is 22.9. The molecule has 70 heavy (non-hydrogen) atoms. The van der Waals surface area contributed by atoms with Crippen molar-refractivity contribution in [2.75, 3.05) is 26.7 Å². The largest absolute Gasteiger partial charge is 0.444 e. The average molecular weight is 1010 g/mol. The zero-order valence-electron chi connectivity index (χ0n) is 43.7. The van der Waals surface area contributed by atoms with Crippen LogP contribution in [0.1, 0.15) is 123 Å². The van der Waals surface area contributed by atoms with Gasteiger partial charge in [-0.3, -0.25) is 4.79 Å². The molecule has 404 valence electrons. The van der Waals surface area contributed by atoms with Crippen molar-refractivity contribution in [3.8, 4) is 0 Å². The Labute approximate surface area is 411 Å². The minimum Gasteiger partial charge on any atom is -0.444 e. The predicted molar refractivity (Wildman–Crippen MR) is 248 cm³/mol. The Bertz CT molecular complexity index is 1790. The highest BCUT2D eigenvalue weighted by molar-refractivity contribution is 5.82. The number of carbonyl (C=O) groups is 5. The first kappa shape index (κ1) is 58.7. The molecular formula is C46H82N6O18. The summed E-state index contributed by atoms with van der Waals surface area (Å²) in [4.78, 5) is 66.7. The van der Waals surface area contributed by atoms with Gasteiger partial charge in [0.1, 0.15) is 58.5 Å². The number of hydrogen-bond acceptors (Lipinski definition) is 19. The van der Waals surface area contributed by atoms with Crippen molar-refractivity contribution in [1.29, 1.82) is 0 Å². The number of alkyl carbamates (subject to hydrolysis) is 4. The van der Waals surface area contributed by atoms with Crippen LogP contribution in [0.3, 0.4) is 0 Å². The van der Waals surface area contributed by atoms with Gasteiger partial charge in [-0.2, -0.15) is 0 Å². The van der Waals surface area contributed by atoms with E-state index in [2.05, 4.69) is 31.9 Å². The maximum Gasteiger partial charge on any atom is 0.408 e. The number of carbonyl (C=O) groups excluding carboxylic acids is 5. The van der Waals surface area contributed by atoms with Crippen LogP contribution in [0.5, 0.6) is 0 Å². The Morgan fingerprint density at radius 1 is 0.614 bits per heavy atom. The lowest BCUT2D eigenvalue weighted by Gasteiger charge is -2.49. The van der Waals surface area contributed by atoms with E-state index in [4.69, 9.17) is 47.4 Å². The van der Waals surface area contributed by atoms with Crippen molar-refractivity contribution >= 4 is 30.3 Å². The first-order valence-electron chi connectivity index (χ1n) is 23.9. The molecule has 4 fully saturated rings. The molecule has 3 aliphatic heterocycles. The van der Waals surface area contributed by atoms with Crippen LogP contribution >= 0.6 is 0 Å². The molecule has 1 saturated carbocycles. The van der Waals surface area contributed by atoms with Crippen LogP contribution in [-0.4, -0.2) is 186 Å². The number of nitrogens with one attached hydrogen (secondary N) is 6. The summed E-state index contributed by atoms with van der Waals surface area (Å²) in [5.74, 6) is -2.06. The quantitative estimate of drug-likeness (QED) is 0.119. The van der Waals surface area contributed by atoms with Crippen LogP contribution < -0.4 is 31.9 Å². The van der Waals surface area contributed by atoms with Crippen molar-refractivity contribution in [2.45, 2.75) is 236 Å². The minimum absolute atomic E-state index is 0.0358. The third-order valence-corrected chi connectivity index (χ3v) is 11.0. The van der Waals surface area contributed by atoms with Crippen molar-refractivity contribution in [1.82, 2.24) is 31.9 Å². The summed E-state index contributed by atoms with van der Waals surface area (Å²) in [5.41, 5.74) is -5.01. The Kier molecular flexibility index (Phi) is 19.2. The first-order valence-corrected chi connectivity index (χ1v) is 23.9. The van der Waals surface area contributed by atoms with Gasteiger partial charge in [0.2, 0.25) is 0 Å². The summed E-state index contributed by atoms with van der Waals surface area (Å²) >= 11 is 0. The Hall–Kier alpha value is -3.85. The summed E-state index contributed by atoms with van der Waals surface area (Å²) in [7, 11) is 1.53. The third-order valence-electron chi connectivity index (χ3n) is 11.0. The highest BCUT2D eigenvalue weighted by Crippen LogP contribution is 2.35. The Morgan fingerprint density at radius 2 is 1.09 bits per heavy atom. The maximum atomic E-state index is 14.5. The lowest BCUT2D eigenvalue weighted by molar-refractivity contribution is -0.309. The summed E-state index contributed by atoms with van der Waals surface area (Å²) in [6, 6.07) is -4.37. The van der Waals surface area contributed by atoms with E-state index >= 15 is 0 Å². The van der Waals surface area contributed by atoms with Gasteiger partial charge < -0.3 is 94.6 Å². The molecule has 24 heteroatoms. The molecule has 4 aliphatic rings. The SMILES string of the molecule is CN[C@@H]1[C@@H](O)[C@@H](O[C@@H]2[C@@H](O)[C@H](O[C@H]3O[C@H](CNC(=O)OC(C)(C)C)CC[C@H]3NC(=O)OC(C)(C)C)[C@@H](NC(=O)OC(C)(C)C)C[C@H]2NC(=O)[C@H]2OC(C)(C)O[C@@H]2CNC(=O)OC(C)(C)C)OC[C@]1(C)O. The van der Waals surface area contributed by atoms with E-state index in [1.807, 2.05) is 0 Å². The molecule has 0 aromatic heterocycles. The normalized spacial score (nSPS) is 33.8. The minimum atomic E-state index is -1.82. The number of aliphatic hydroxyl groups excluding tert-OH is 2. The van der Waals surface area contributed by atoms with Crippen molar-refractivity contribution in [3.63, 3.8) is 0 Å². The highest BCUT2D eigenvalue weighted by Gasteiger charge is 2.55. The van der Waals surface area contributed by atoms with Gasteiger partial charge >= 0.3 is 24.4 Å². The Morgan fingerprint density at radius 3 is 1.60 bits per heavy atom. The van der Waals surface area contributed by atoms with E-state index < -0.39 is 144 Å². The van der Waals surface area contributed by atoms with E-state index in [0.29, 0.717) is 6.42 Å². The van der Waals surface area contributed by atoms with Crippen LogP contribution in [0, 0.1) is 0 Å². The van der Waals surface area contributed by atoms with Gasteiger partial charge in [0.25, 0.3) is 5.91 Å². The molecule has 0 aromatic carbocycles. The fourth-order valence-electron chi connectivity index (χ4n) is 8.38. The van der Waals surface area contributed by atoms with Gasteiger partial charge in [0, 0.05) is 6.54 Å².